The van der Waals surface area contributed by atoms with Gasteiger partial charge in [-0.15, -0.1) is 0 Å². The Hall–Kier alpha value is -1.61. The van der Waals surface area contributed by atoms with Gasteiger partial charge in [0.2, 0.25) is 0 Å². The number of cyclic esters (lactones) is 1. The Balaban J connectivity index is 1.89. The molecule has 1 aromatic carbocycles. The Morgan fingerprint density at radius 1 is 1.17 bits per heavy atom. The molecule has 0 amide bonds. The van der Waals surface area contributed by atoms with E-state index in [4.69, 9.17) is 9.47 Å². The highest BCUT2D eigenvalue weighted by atomic mass is 127. The minimum absolute atomic E-state index is 0.00383. The van der Waals surface area contributed by atoms with Crippen molar-refractivity contribution in [3.63, 3.8) is 0 Å². The summed E-state index contributed by atoms with van der Waals surface area (Å²) < 4.78 is 24.4. The highest BCUT2D eigenvalue weighted by Crippen LogP contribution is 2.43. The normalized spacial score (nSPS) is 26.6. The predicted octanol–water partition coefficient (Wildman–Crippen LogP) is 1.99. The van der Waals surface area contributed by atoms with Crippen molar-refractivity contribution in [2.75, 3.05) is 19.8 Å². The average Bonchev–Trinajstić information content (AvgIpc) is 2.90. The lowest BCUT2D eigenvalue weighted by molar-refractivity contribution is -0.136. The molecule has 1 fully saturated rings. The van der Waals surface area contributed by atoms with Crippen molar-refractivity contribution in [3.8, 4) is 0 Å². The maximum Gasteiger partial charge on any atom is 0.337 e. The summed E-state index contributed by atoms with van der Waals surface area (Å²) in [6, 6.07) is 4.64. The van der Waals surface area contributed by atoms with Gasteiger partial charge in [0.05, 0.1) is 29.5 Å². The number of rotatable bonds is 1. The van der Waals surface area contributed by atoms with Crippen LogP contribution in [0.3, 0.4) is 0 Å². The maximum absolute atomic E-state index is 13.6. The highest BCUT2D eigenvalue weighted by Gasteiger charge is 2.47. The van der Waals surface area contributed by atoms with Gasteiger partial charge in [-0.05, 0) is 40.3 Å². The number of halogens is 2. The van der Waals surface area contributed by atoms with E-state index in [0.717, 1.165) is 5.56 Å². The summed E-state index contributed by atoms with van der Waals surface area (Å²) >= 11 is 1.90. The van der Waals surface area contributed by atoms with Gasteiger partial charge in [-0.2, -0.15) is 0 Å². The third-order valence-electron chi connectivity index (χ3n) is 4.30. The lowest BCUT2D eigenvalue weighted by Crippen LogP contribution is -2.43. The number of ketones is 1. The van der Waals surface area contributed by atoms with Crippen LogP contribution in [0.15, 0.2) is 34.5 Å². The summed E-state index contributed by atoms with van der Waals surface area (Å²) in [5.74, 6) is -1.94. The second kappa shape index (κ2) is 5.48. The van der Waals surface area contributed by atoms with Gasteiger partial charge >= 0.3 is 5.97 Å². The van der Waals surface area contributed by atoms with Crippen molar-refractivity contribution in [2.45, 2.75) is 5.92 Å². The maximum atomic E-state index is 13.6. The molecule has 4 rings (SSSR count). The predicted molar refractivity (Wildman–Crippen MR) is 86.6 cm³/mol. The van der Waals surface area contributed by atoms with Gasteiger partial charge in [-0.25, -0.2) is 9.18 Å². The van der Waals surface area contributed by atoms with Gasteiger partial charge in [-0.3, -0.25) is 9.79 Å². The van der Waals surface area contributed by atoms with Crippen LogP contribution in [0, 0.1) is 15.3 Å². The van der Waals surface area contributed by atoms with E-state index in [-0.39, 0.29) is 31.4 Å². The molecular formula is C16H11FINO4. The first-order valence-electron chi connectivity index (χ1n) is 7.09. The lowest BCUT2D eigenvalue weighted by atomic mass is 9.73. The van der Waals surface area contributed by atoms with E-state index in [1.807, 2.05) is 22.6 Å². The van der Waals surface area contributed by atoms with Crippen LogP contribution in [-0.2, 0) is 19.1 Å². The molecule has 0 N–H and O–H groups in total. The van der Waals surface area contributed by atoms with Gasteiger partial charge in [0.1, 0.15) is 19.0 Å². The van der Waals surface area contributed by atoms with E-state index >= 15 is 0 Å². The first kappa shape index (κ1) is 14.9. The zero-order valence-electron chi connectivity index (χ0n) is 11.8. The summed E-state index contributed by atoms with van der Waals surface area (Å²) in [6.45, 7) is 0.361. The topological polar surface area (TPSA) is 65.0 Å². The molecule has 3 aliphatic rings. The Labute approximate surface area is 144 Å². The largest absolute Gasteiger partial charge is 0.456 e. The Kier molecular flexibility index (Phi) is 3.56. The van der Waals surface area contributed by atoms with Gasteiger partial charge < -0.3 is 9.47 Å². The van der Waals surface area contributed by atoms with Crippen molar-refractivity contribution in [3.05, 3.63) is 44.4 Å². The van der Waals surface area contributed by atoms with Gasteiger partial charge in [0, 0.05) is 9.49 Å². The first-order valence-corrected chi connectivity index (χ1v) is 8.17. The Morgan fingerprint density at radius 3 is 2.78 bits per heavy atom. The molecule has 23 heavy (non-hydrogen) atoms. The number of ether oxygens (including phenoxy) is 2. The molecule has 3 heterocycles. The molecule has 1 saturated heterocycles. The number of hydrogen-bond donors (Lipinski definition) is 0. The number of hydrogen-bond acceptors (Lipinski definition) is 5. The number of benzene rings is 1. The molecule has 0 aliphatic carbocycles. The molecule has 0 saturated carbocycles. The molecule has 2 atom stereocenters. The van der Waals surface area contributed by atoms with E-state index in [1.54, 1.807) is 12.1 Å². The van der Waals surface area contributed by atoms with Gasteiger partial charge in [-0.1, -0.05) is 6.07 Å². The third kappa shape index (κ3) is 2.33. The Bertz CT molecular complexity index is 801. The number of nitrogens with zero attached hydrogens (tertiary/aromatic N) is 1. The van der Waals surface area contributed by atoms with Crippen LogP contribution in [0.2, 0.25) is 0 Å². The quantitative estimate of drug-likeness (QED) is 0.508. The third-order valence-corrected chi connectivity index (χ3v) is 5.12. The van der Waals surface area contributed by atoms with Crippen molar-refractivity contribution >= 4 is 40.1 Å². The molecule has 5 nitrogen and oxygen atoms in total. The van der Waals surface area contributed by atoms with Crippen LogP contribution in [0.25, 0.3) is 0 Å². The smallest absolute Gasteiger partial charge is 0.337 e. The highest BCUT2D eigenvalue weighted by molar-refractivity contribution is 14.1. The summed E-state index contributed by atoms with van der Waals surface area (Å²) in [5, 5.41) is 0. The summed E-state index contributed by atoms with van der Waals surface area (Å²) in [7, 11) is 0. The standard InChI is InChI=1S/C16H11FINO4/c17-8-2-1-7(3-9(8)18)13-14-10(4-22-6-12(14)20)19-11-5-23-16(21)15(11)13/h1-3,13-14H,4-6H2/t13-,14?/m1/s1. The molecular weight excluding hydrogens is 416 g/mol. The summed E-state index contributed by atoms with van der Waals surface area (Å²) in [5.41, 5.74) is 2.29. The fraction of sp³-hybridized carbons (Fsp3) is 0.312. The van der Waals surface area contributed by atoms with Gasteiger partial charge in [0.25, 0.3) is 0 Å². The van der Waals surface area contributed by atoms with Crippen LogP contribution in [0.1, 0.15) is 11.5 Å². The van der Waals surface area contributed by atoms with E-state index in [2.05, 4.69) is 4.99 Å². The second-order valence-electron chi connectivity index (χ2n) is 5.63. The van der Waals surface area contributed by atoms with Crippen LogP contribution >= 0.6 is 22.6 Å². The molecule has 0 radical (unpaired) electrons. The number of esters is 1. The summed E-state index contributed by atoms with van der Waals surface area (Å²) in [6.07, 6.45) is 0. The van der Waals surface area contributed by atoms with Crippen LogP contribution < -0.4 is 0 Å². The fourth-order valence-electron chi connectivity index (χ4n) is 3.31. The molecule has 0 spiro atoms. The molecule has 1 aromatic rings. The van der Waals surface area contributed by atoms with E-state index in [0.29, 0.717) is 20.6 Å². The van der Waals surface area contributed by atoms with Crippen molar-refractivity contribution in [2.24, 2.45) is 10.9 Å². The van der Waals surface area contributed by atoms with E-state index in [9.17, 15) is 14.0 Å². The van der Waals surface area contributed by atoms with Crippen LogP contribution in [0.4, 0.5) is 4.39 Å². The molecule has 1 unspecified atom stereocenters. The molecule has 3 aliphatic heterocycles. The lowest BCUT2D eigenvalue weighted by Gasteiger charge is -2.33. The van der Waals surface area contributed by atoms with E-state index < -0.39 is 17.8 Å². The minimum Gasteiger partial charge on any atom is -0.456 e. The van der Waals surface area contributed by atoms with Gasteiger partial charge in [0.15, 0.2) is 5.78 Å². The second-order valence-corrected chi connectivity index (χ2v) is 6.79. The zero-order valence-corrected chi connectivity index (χ0v) is 14.0. The SMILES string of the molecule is O=C1OCC2=C1[C@H](c1ccc(F)c(I)c1)C1C(=O)COCC1=N2. The van der Waals surface area contributed by atoms with Crippen molar-refractivity contribution in [1.82, 2.24) is 0 Å². The molecule has 0 bridgehead atoms. The minimum atomic E-state index is -0.547. The number of carbonyl (C=O) groups excluding carboxylic acids is 2. The number of fused-ring (bicyclic) bond motifs is 1. The number of carbonyl (C=O) groups is 2. The zero-order chi connectivity index (χ0) is 16.1. The summed E-state index contributed by atoms with van der Waals surface area (Å²) in [4.78, 5) is 29.0. The van der Waals surface area contributed by atoms with Crippen molar-refractivity contribution < 1.29 is 23.5 Å². The Morgan fingerprint density at radius 2 is 2.00 bits per heavy atom. The van der Waals surface area contributed by atoms with Crippen LogP contribution in [-0.4, -0.2) is 37.3 Å². The fourth-order valence-corrected chi connectivity index (χ4v) is 3.85. The molecule has 7 heteroatoms. The monoisotopic (exact) mass is 427 g/mol. The van der Waals surface area contributed by atoms with Crippen molar-refractivity contribution in [1.29, 1.82) is 0 Å². The first-order chi connectivity index (χ1) is 11.1. The number of aliphatic imine (C=N–C) groups is 1. The molecule has 0 aromatic heterocycles. The van der Waals surface area contributed by atoms with E-state index in [1.165, 1.54) is 6.07 Å². The molecule has 118 valence electrons. The average molecular weight is 427 g/mol. The van der Waals surface area contributed by atoms with Crippen LogP contribution in [0.5, 0.6) is 0 Å². The number of Topliss-reactive ketones (excluding diaryl/α,β-unsaturated/α-hetero) is 1.